The fourth-order valence-corrected chi connectivity index (χ4v) is 4.10. The summed E-state index contributed by atoms with van der Waals surface area (Å²) in [7, 11) is 1.70. The molecule has 0 bridgehead atoms. The SMILES string of the molecule is CCN(CC(C)(C)C)C(=O)Cn1c2c(c3ccc(OC)cc31)CCCC2. The molecule has 4 heteroatoms. The van der Waals surface area contributed by atoms with E-state index < -0.39 is 0 Å². The number of aromatic nitrogens is 1. The molecule has 0 spiro atoms. The Hall–Kier alpha value is -1.97. The molecule has 1 aromatic carbocycles. The predicted molar refractivity (Wildman–Crippen MR) is 107 cm³/mol. The van der Waals surface area contributed by atoms with Crippen molar-refractivity contribution in [1.29, 1.82) is 0 Å². The van der Waals surface area contributed by atoms with E-state index in [0.29, 0.717) is 6.54 Å². The first-order valence-electron chi connectivity index (χ1n) is 9.80. The average molecular weight is 357 g/mol. The molecule has 0 saturated carbocycles. The van der Waals surface area contributed by atoms with Gasteiger partial charge < -0.3 is 14.2 Å². The van der Waals surface area contributed by atoms with Crippen molar-refractivity contribution < 1.29 is 9.53 Å². The maximum absolute atomic E-state index is 13.1. The van der Waals surface area contributed by atoms with Crippen molar-refractivity contribution in [2.45, 2.75) is 59.9 Å². The number of carbonyl (C=O) groups is 1. The molecular formula is C22H32N2O2. The molecule has 4 nitrogen and oxygen atoms in total. The first-order valence-corrected chi connectivity index (χ1v) is 9.80. The van der Waals surface area contributed by atoms with Crippen LogP contribution in [0.1, 0.15) is 51.8 Å². The van der Waals surface area contributed by atoms with E-state index >= 15 is 0 Å². The number of carbonyl (C=O) groups excluding carboxylic acids is 1. The van der Waals surface area contributed by atoms with Crippen molar-refractivity contribution in [1.82, 2.24) is 9.47 Å². The number of likely N-dealkylation sites (N-methyl/N-ethyl adjacent to an activating group) is 1. The largest absolute Gasteiger partial charge is 0.497 e. The van der Waals surface area contributed by atoms with Crippen molar-refractivity contribution in [3.63, 3.8) is 0 Å². The normalized spacial score (nSPS) is 14.3. The molecule has 0 radical (unpaired) electrons. The Bertz CT molecular complexity index is 799. The van der Waals surface area contributed by atoms with E-state index in [2.05, 4.69) is 44.4 Å². The lowest BCUT2D eigenvalue weighted by atomic mass is 9.95. The van der Waals surface area contributed by atoms with E-state index in [4.69, 9.17) is 4.74 Å². The zero-order valence-corrected chi connectivity index (χ0v) is 16.9. The fourth-order valence-electron chi connectivity index (χ4n) is 4.10. The third-order valence-corrected chi connectivity index (χ3v) is 5.28. The third-order valence-electron chi connectivity index (χ3n) is 5.28. The second-order valence-electron chi connectivity index (χ2n) is 8.57. The molecule has 2 aromatic rings. The van der Waals surface area contributed by atoms with Crippen LogP contribution in [0.2, 0.25) is 0 Å². The van der Waals surface area contributed by atoms with E-state index in [1.165, 1.54) is 29.5 Å². The number of fused-ring (bicyclic) bond motifs is 3. The van der Waals surface area contributed by atoms with Gasteiger partial charge in [0.15, 0.2) is 0 Å². The second-order valence-corrected chi connectivity index (χ2v) is 8.57. The Morgan fingerprint density at radius 1 is 1.23 bits per heavy atom. The van der Waals surface area contributed by atoms with E-state index in [9.17, 15) is 4.79 Å². The average Bonchev–Trinajstić information content (AvgIpc) is 2.92. The molecule has 0 atom stereocenters. The molecule has 1 heterocycles. The maximum atomic E-state index is 13.1. The molecule has 26 heavy (non-hydrogen) atoms. The molecule has 1 aliphatic rings. The number of benzene rings is 1. The number of aryl methyl sites for hydroxylation is 1. The molecule has 3 rings (SSSR count). The highest BCUT2D eigenvalue weighted by Crippen LogP contribution is 2.34. The number of rotatable bonds is 5. The van der Waals surface area contributed by atoms with Gasteiger partial charge in [-0.25, -0.2) is 0 Å². The second kappa shape index (κ2) is 7.34. The summed E-state index contributed by atoms with van der Waals surface area (Å²) < 4.78 is 7.69. The van der Waals surface area contributed by atoms with Gasteiger partial charge in [-0.1, -0.05) is 20.8 Å². The summed E-state index contributed by atoms with van der Waals surface area (Å²) in [6.07, 6.45) is 4.61. The van der Waals surface area contributed by atoms with Crippen molar-refractivity contribution in [2.24, 2.45) is 5.41 Å². The van der Waals surface area contributed by atoms with Crippen LogP contribution >= 0.6 is 0 Å². The van der Waals surface area contributed by atoms with Crippen molar-refractivity contribution >= 4 is 16.8 Å². The molecule has 0 unspecified atom stereocenters. The van der Waals surface area contributed by atoms with Crippen LogP contribution in [-0.4, -0.2) is 35.6 Å². The van der Waals surface area contributed by atoms with Crippen molar-refractivity contribution in [2.75, 3.05) is 20.2 Å². The van der Waals surface area contributed by atoms with Crippen molar-refractivity contribution in [3.05, 3.63) is 29.5 Å². The molecule has 0 saturated heterocycles. The molecule has 1 aromatic heterocycles. The first kappa shape index (κ1) is 18.8. The van der Waals surface area contributed by atoms with Crippen molar-refractivity contribution in [3.8, 4) is 5.75 Å². The first-order chi connectivity index (χ1) is 12.3. The van der Waals surface area contributed by atoms with Crippen LogP contribution < -0.4 is 4.74 Å². The zero-order chi connectivity index (χ0) is 18.9. The fraction of sp³-hybridized carbons (Fsp3) is 0.591. The zero-order valence-electron chi connectivity index (χ0n) is 16.9. The summed E-state index contributed by atoms with van der Waals surface area (Å²) in [6, 6.07) is 6.27. The Balaban J connectivity index is 1.99. The van der Waals surface area contributed by atoms with Gasteiger partial charge >= 0.3 is 0 Å². The van der Waals surface area contributed by atoms with Gasteiger partial charge in [-0.05, 0) is 55.7 Å². The molecule has 142 valence electrons. The lowest BCUT2D eigenvalue weighted by Gasteiger charge is -2.29. The summed E-state index contributed by atoms with van der Waals surface area (Å²) in [4.78, 5) is 15.1. The summed E-state index contributed by atoms with van der Waals surface area (Å²) >= 11 is 0. The highest BCUT2D eigenvalue weighted by atomic mass is 16.5. The minimum absolute atomic E-state index is 0.104. The molecule has 0 N–H and O–H groups in total. The van der Waals surface area contributed by atoms with Gasteiger partial charge in [0.2, 0.25) is 5.91 Å². The number of hydrogen-bond donors (Lipinski definition) is 0. The van der Waals surface area contributed by atoms with Gasteiger partial charge in [-0.3, -0.25) is 4.79 Å². The van der Waals surface area contributed by atoms with Crippen LogP contribution in [0, 0.1) is 5.41 Å². The van der Waals surface area contributed by atoms with Gasteiger partial charge in [-0.2, -0.15) is 0 Å². The Morgan fingerprint density at radius 2 is 1.96 bits per heavy atom. The maximum Gasteiger partial charge on any atom is 0.242 e. The quantitative estimate of drug-likeness (QED) is 0.794. The monoisotopic (exact) mass is 356 g/mol. The Labute approximate surface area is 157 Å². The number of methoxy groups -OCH3 is 1. The van der Waals surface area contributed by atoms with E-state index in [0.717, 1.165) is 37.2 Å². The van der Waals surface area contributed by atoms with Crippen LogP contribution in [-0.2, 0) is 24.2 Å². The Kier molecular flexibility index (Phi) is 5.31. The highest BCUT2D eigenvalue weighted by Gasteiger charge is 2.24. The van der Waals surface area contributed by atoms with Crippen LogP contribution in [0.15, 0.2) is 18.2 Å². The lowest BCUT2D eigenvalue weighted by Crippen LogP contribution is -2.39. The lowest BCUT2D eigenvalue weighted by molar-refractivity contribution is -0.132. The van der Waals surface area contributed by atoms with Gasteiger partial charge in [0, 0.05) is 30.2 Å². The topological polar surface area (TPSA) is 34.5 Å². The summed E-state index contributed by atoms with van der Waals surface area (Å²) in [5.41, 5.74) is 4.02. The van der Waals surface area contributed by atoms with Gasteiger partial charge in [0.25, 0.3) is 0 Å². The van der Waals surface area contributed by atoms with E-state index in [-0.39, 0.29) is 11.3 Å². The Morgan fingerprint density at radius 3 is 2.62 bits per heavy atom. The minimum atomic E-state index is 0.104. The summed E-state index contributed by atoms with van der Waals surface area (Å²) in [5.74, 6) is 1.05. The predicted octanol–water partition coefficient (Wildman–Crippen LogP) is 4.42. The number of nitrogens with zero attached hydrogens (tertiary/aromatic N) is 2. The summed E-state index contributed by atoms with van der Waals surface area (Å²) in [5, 5.41) is 1.28. The molecule has 0 aliphatic heterocycles. The summed E-state index contributed by atoms with van der Waals surface area (Å²) in [6.45, 7) is 10.6. The van der Waals surface area contributed by atoms with Gasteiger partial charge in [0.1, 0.15) is 12.3 Å². The van der Waals surface area contributed by atoms with E-state index in [1.807, 2.05) is 11.0 Å². The molecule has 1 amide bonds. The van der Waals surface area contributed by atoms with Crippen LogP contribution in [0.25, 0.3) is 10.9 Å². The smallest absolute Gasteiger partial charge is 0.242 e. The van der Waals surface area contributed by atoms with Gasteiger partial charge in [0.05, 0.1) is 12.6 Å². The standard InChI is InChI=1S/C22H32N2O2/c1-6-23(15-22(2,3)4)21(25)14-24-19-10-8-7-9-17(19)18-12-11-16(26-5)13-20(18)24/h11-13H,6-10,14-15H2,1-5H3. The molecule has 1 aliphatic carbocycles. The number of amides is 1. The number of hydrogen-bond acceptors (Lipinski definition) is 2. The molecular weight excluding hydrogens is 324 g/mol. The van der Waals surface area contributed by atoms with Gasteiger partial charge in [-0.15, -0.1) is 0 Å². The van der Waals surface area contributed by atoms with Crippen LogP contribution in [0.4, 0.5) is 0 Å². The third kappa shape index (κ3) is 3.74. The highest BCUT2D eigenvalue weighted by molar-refractivity contribution is 5.89. The minimum Gasteiger partial charge on any atom is -0.497 e. The van der Waals surface area contributed by atoms with Crippen LogP contribution in [0.5, 0.6) is 5.75 Å². The van der Waals surface area contributed by atoms with E-state index in [1.54, 1.807) is 7.11 Å². The number of ether oxygens (including phenoxy) is 1. The molecule has 0 fully saturated rings. The van der Waals surface area contributed by atoms with Crippen LogP contribution in [0.3, 0.4) is 0 Å².